The minimum absolute atomic E-state index is 0.00986. The van der Waals surface area contributed by atoms with Crippen molar-refractivity contribution in [1.82, 2.24) is 0 Å². The van der Waals surface area contributed by atoms with Gasteiger partial charge in [0.1, 0.15) is 0 Å². The third-order valence-electron chi connectivity index (χ3n) is 9.66. The van der Waals surface area contributed by atoms with Crippen LogP contribution in [0.2, 0.25) is 20.4 Å². The number of hydrogen-bond donors (Lipinski definition) is 0. The molecule has 0 amide bonds. The maximum atomic E-state index is 13.0. The average molecular weight is 609 g/mol. The molecule has 5 nitrogen and oxygen atoms in total. The number of rotatable bonds is 10. The van der Waals surface area contributed by atoms with E-state index in [9.17, 15) is 17.3 Å². The van der Waals surface area contributed by atoms with Gasteiger partial charge >= 0.3 is 234 Å². The van der Waals surface area contributed by atoms with E-state index in [1.807, 2.05) is 0 Å². The van der Waals surface area contributed by atoms with Crippen LogP contribution in [0.15, 0.2) is 0 Å². The van der Waals surface area contributed by atoms with Gasteiger partial charge in [0.25, 0.3) is 0 Å². The molecule has 0 N–H and O–H groups in total. The quantitative estimate of drug-likeness (QED) is 0.185. The predicted molar refractivity (Wildman–Crippen MR) is 136 cm³/mol. The second-order valence-corrected chi connectivity index (χ2v) is 17.1. The van der Waals surface area contributed by atoms with Crippen LogP contribution in [0.25, 0.3) is 0 Å². The third-order valence-corrected chi connectivity index (χ3v) is 14.8. The van der Waals surface area contributed by atoms with Crippen molar-refractivity contribution in [3.05, 3.63) is 0 Å². The van der Waals surface area contributed by atoms with E-state index in [-0.39, 0.29) is 17.8 Å². The van der Waals surface area contributed by atoms with E-state index in [0.29, 0.717) is 34.1 Å². The summed E-state index contributed by atoms with van der Waals surface area (Å²) in [7, 11) is 0. The summed E-state index contributed by atoms with van der Waals surface area (Å²) in [6, 6.07) is 0. The molecule has 4 rings (SSSR count). The molecule has 218 valence electrons. The molecular formula is C30H50Co2O5. The number of carbonyl (C=O) groups is 2. The molecule has 0 aliphatic heterocycles. The van der Waals surface area contributed by atoms with Gasteiger partial charge in [0, 0.05) is 0 Å². The zero-order chi connectivity index (χ0) is 26.2. The number of hydrogen-bond acceptors (Lipinski definition) is 5. The Morgan fingerprint density at radius 3 is 1.65 bits per heavy atom. The molecular weight excluding hydrogens is 558 g/mol. The first kappa shape index (κ1) is 29.7. The molecule has 37 heavy (non-hydrogen) atoms. The molecule has 0 heterocycles. The van der Waals surface area contributed by atoms with E-state index in [4.69, 9.17) is 4.74 Å². The van der Waals surface area contributed by atoms with E-state index >= 15 is 0 Å². The molecule has 0 unspecified atom stereocenters. The molecule has 0 aromatic rings. The first-order valence-electron chi connectivity index (χ1n) is 15.0. The number of aldehydes is 1. The third kappa shape index (κ3) is 9.14. The van der Waals surface area contributed by atoms with E-state index in [1.165, 1.54) is 25.7 Å². The first-order chi connectivity index (χ1) is 17.9. The van der Waals surface area contributed by atoms with Crippen LogP contribution in [0.4, 0.5) is 0 Å². The van der Waals surface area contributed by atoms with Crippen molar-refractivity contribution < 1.29 is 49.2 Å². The molecule has 4 fully saturated rings. The minimum atomic E-state index is -1.15. The van der Waals surface area contributed by atoms with Crippen LogP contribution in [0, 0.1) is 35.5 Å². The van der Waals surface area contributed by atoms with Gasteiger partial charge < -0.3 is 0 Å². The van der Waals surface area contributed by atoms with Crippen molar-refractivity contribution in [3.8, 4) is 0 Å². The molecule has 4 aliphatic carbocycles. The summed E-state index contributed by atoms with van der Waals surface area (Å²) < 4.78 is 31.6. The predicted octanol–water partition coefficient (Wildman–Crippen LogP) is 8.08. The Bertz CT molecular complexity index is 769. The van der Waals surface area contributed by atoms with E-state index in [0.717, 1.165) is 100.0 Å². The van der Waals surface area contributed by atoms with E-state index in [2.05, 4.69) is 6.92 Å². The number of carbonyl (C=O) groups excluding carboxylic acids is 2. The van der Waals surface area contributed by atoms with Crippen LogP contribution >= 0.6 is 0 Å². The summed E-state index contributed by atoms with van der Waals surface area (Å²) in [6.07, 6.45) is 17.6. The van der Waals surface area contributed by atoms with Gasteiger partial charge in [0.05, 0.1) is 0 Å². The molecule has 0 aromatic carbocycles. The topological polar surface area (TPSA) is 77.5 Å². The van der Waals surface area contributed by atoms with Crippen LogP contribution < -0.4 is 0 Å². The van der Waals surface area contributed by atoms with Gasteiger partial charge in [-0.3, -0.25) is 0 Å². The zero-order valence-corrected chi connectivity index (χ0v) is 24.9. The summed E-state index contributed by atoms with van der Waals surface area (Å²) in [6.45, 7) is 2.86. The van der Waals surface area contributed by atoms with Crippen molar-refractivity contribution in [2.75, 3.05) is 6.61 Å². The fourth-order valence-corrected chi connectivity index (χ4v) is 11.6. The van der Waals surface area contributed by atoms with Crippen molar-refractivity contribution in [1.29, 1.82) is 0 Å². The van der Waals surface area contributed by atoms with Gasteiger partial charge in [-0.05, 0) is 0 Å². The Morgan fingerprint density at radius 1 is 0.676 bits per heavy atom. The van der Waals surface area contributed by atoms with Gasteiger partial charge in [-0.2, -0.15) is 0 Å². The monoisotopic (exact) mass is 608 g/mol. The number of ether oxygens (including phenoxy) is 1. The Morgan fingerprint density at radius 2 is 1.14 bits per heavy atom. The van der Waals surface area contributed by atoms with E-state index in [1.54, 1.807) is 0 Å². The van der Waals surface area contributed by atoms with Crippen LogP contribution in [-0.2, 0) is 49.2 Å². The Kier molecular flexibility index (Phi) is 12.0. The van der Waals surface area contributed by atoms with Gasteiger partial charge in [-0.15, -0.1) is 0 Å². The molecule has 0 atom stereocenters. The maximum absolute atomic E-state index is 13.0. The second kappa shape index (κ2) is 14.9. The van der Waals surface area contributed by atoms with Crippen LogP contribution in [0.1, 0.15) is 110 Å². The molecule has 0 saturated heterocycles. The van der Waals surface area contributed by atoms with Gasteiger partial charge in [-0.25, -0.2) is 0 Å². The normalized spacial score (nSPS) is 37.9. The molecule has 0 radical (unpaired) electrons. The molecule has 0 spiro atoms. The molecule has 7 heteroatoms. The summed E-state index contributed by atoms with van der Waals surface area (Å²) >= 11 is -2.27. The van der Waals surface area contributed by atoms with Gasteiger partial charge in [0.2, 0.25) is 0 Å². The Balaban J connectivity index is 1.07. The van der Waals surface area contributed by atoms with Gasteiger partial charge in [0.15, 0.2) is 0 Å². The first-order valence-corrected chi connectivity index (χ1v) is 18.5. The summed E-state index contributed by atoms with van der Waals surface area (Å²) in [5, 5.41) is 1.74. The van der Waals surface area contributed by atoms with Crippen molar-refractivity contribution in [2.24, 2.45) is 35.5 Å². The molecule has 0 aromatic heterocycles. The van der Waals surface area contributed by atoms with Crippen LogP contribution in [-0.4, -0.2) is 18.9 Å². The molecule has 4 saturated carbocycles. The zero-order valence-electron chi connectivity index (χ0n) is 22.8. The fourth-order valence-electron chi connectivity index (χ4n) is 6.82. The number of esters is 1. The summed E-state index contributed by atoms with van der Waals surface area (Å²) in [5.74, 6) is 2.60. The van der Waals surface area contributed by atoms with Crippen molar-refractivity contribution in [3.63, 3.8) is 0 Å². The van der Waals surface area contributed by atoms with E-state index < -0.39 is 27.2 Å². The van der Waals surface area contributed by atoms with Crippen LogP contribution in [0.3, 0.4) is 0 Å². The summed E-state index contributed by atoms with van der Waals surface area (Å²) in [4.78, 5) is 24.3. The average Bonchev–Trinajstić information content (AvgIpc) is 2.93. The summed E-state index contributed by atoms with van der Waals surface area (Å²) in [5.41, 5.74) is 0. The Labute approximate surface area is 232 Å². The molecule has 0 bridgehead atoms. The Hall–Kier alpha value is -0.247. The standard InChI is InChI=1S/C15H24O2.C8H15.C7H11O.2Co.2O/c1-12-7-9-13(10-8-12)11-17-15(16)14-5-3-2-4-6-14;1-7-3-5-8(2)6-4-7;8-6-7-4-2-1-3-5-7;;;;/h2,12-14H,1,3-11H2;7-8H,1,3-6H2,2H3;1,6-7H,2-5H2;;;;. The molecule has 4 aliphatic rings. The second-order valence-electron chi connectivity index (χ2n) is 12.6. The van der Waals surface area contributed by atoms with Crippen molar-refractivity contribution in [2.45, 2.75) is 130 Å². The van der Waals surface area contributed by atoms with Crippen LogP contribution in [0.5, 0.6) is 0 Å². The van der Waals surface area contributed by atoms with Gasteiger partial charge in [-0.1, -0.05) is 0 Å². The fraction of sp³-hybridized carbons (Fsp3) is 0.933. The SMILES string of the molecule is CC1CCC([CH2][Co](=[O])[CH]2CCC(C(=O)OCC3CCC([CH2][Co](=[O])[CH]4CCC(C=O)CC4)CC3)CC2)CC1. The van der Waals surface area contributed by atoms with Crippen molar-refractivity contribution >= 4 is 12.3 Å².